The Bertz CT molecular complexity index is 533. The molecule has 4 heteroatoms. The lowest BCUT2D eigenvalue weighted by Crippen LogP contribution is -2.07. The van der Waals surface area contributed by atoms with Crippen LogP contribution in [0.4, 0.5) is 5.69 Å². The third kappa shape index (κ3) is 3.07. The van der Waals surface area contributed by atoms with Crippen LogP contribution in [0.15, 0.2) is 42.6 Å². The zero-order valence-corrected chi connectivity index (χ0v) is 10.1. The zero-order chi connectivity index (χ0) is 13.0. The molecule has 2 N–H and O–H groups in total. The monoisotopic (exact) mass is 242 g/mol. The second-order valence-corrected chi connectivity index (χ2v) is 4.04. The Morgan fingerprint density at radius 1 is 1.22 bits per heavy atom. The number of anilines is 1. The van der Waals surface area contributed by atoms with Gasteiger partial charge in [-0.2, -0.15) is 0 Å². The number of aromatic nitrogens is 1. The van der Waals surface area contributed by atoms with E-state index in [2.05, 4.69) is 4.98 Å². The van der Waals surface area contributed by atoms with Crippen LogP contribution >= 0.6 is 0 Å². The molecule has 0 bridgehead atoms. The number of aryl methyl sites for hydroxylation is 1. The van der Waals surface area contributed by atoms with Gasteiger partial charge in [-0.25, -0.2) is 9.78 Å². The van der Waals surface area contributed by atoms with Crippen molar-refractivity contribution < 1.29 is 9.53 Å². The topological polar surface area (TPSA) is 65.2 Å². The number of pyridine rings is 1. The molecular formula is C14H14N2O2. The molecule has 0 amide bonds. The number of hydrogen-bond donors (Lipinski definition) is 1. The normalized spacial score (nSPS) is 10.1. The van der Waals surface area contributed by atoms with E-state index >= 15 is 0 Å². The van der Waals surface area contributed by atoms with Crippen LogP contribution < -0.4 is 5.73 Å². The maximum Gasteiger partial charge on any atom is 0.357 e. The summed E-state index contributed by atoms with van der Waals surface area (Å²) >= 11 is 0. The van der Waals surface area contributed by atoms with Crippen molar-refractivity contribution in [2.45, 2.75) is 13.5 Å². The number of carbonyl (C=O) groups excluding carboxylic acids is 1. The Morgan fingerprint density at radius 3 is 2.56 bits per heavy atom. The number of nitrogens with two attached hydrogens (primary N) is 1. The zero-order valence-electron chi connectivity index (χ0n) is 10.1. The summed E-state index contributed by atoms with van der Waals surface area (Å²) in [6, 6.07) is 11.0. The number of hydrogen-bond acceptors (Lipinski definition) is 4. The summed E-state index contributed by atoms with van der Waals surface area (Å²) in [6.45, 7) is 2.25. The smallest absolute Gasteiger partial charge is 0.357 e. The minimum atomic E-state index is -0.449. The van der Waals surface area contributed by atoms with Gasteiger partial charge in [-0.1, -0.05) is 29.8 Å². The molecule has 0 saturated carbocycles. The number of ether oxygens (including phenoxy) is 1. The third-order valence-corrected chi connectivity index (χ3v) is 2.49. The summed E-state index contributed by atoms with van der Waals surface area (Å²) in [7, 11) is 0. The number of nitrogens with zero attached hydrogens (tertiary/aromatic N) is 1. The number of esters is 1. The highest BCUT2D eigenvalue weighted by molar-refractivity contribution is 5.87. The van der Waals surface area contributed by atoms with Crippen LogP contribution in [-0.2, 0) is 11.3 Å². The molecule has 4 nitrogen and oxygen atoms in total. The molecule has 1 heterocycles. The van der Waals surface area contributed by atoms with Gasteiger partial charge in [-0.15, -0.1) is 0 Å². The lowest BCUT2D eigenvalue weighted by molar-refractivity contribution is 0.0466. The molecule has 92 valence electrons. The van der Waals surface area contributed by atoms with E-state index in [1.54, 1.807) is 12.1 Å². The Hall–Kier alpha value is -2.36. The van der Waals surface area contributed by atoms with Gasteiger partial charge in [-0.3, -0.25) is 0 Å². The van der Waals surface area contributed by atoms with Crippen LogP contribution in [-0.4, -0.2) is 11.0 Å². The number of rotatable bonds is 3. The summed E-state index contributed by atoms with van der Waals surface area (Å²) in [5.74, 6) is -0.449. The largest absolute Gasteiger partial charge is 0.456 e. The van der Waals surface area contributed by atoms with Crippen molar-refractivity contribution in [3.8, 4) is 0 Å². The maximum atomic E-state index is 11.7. The fourth-order valence-corrected chi connectivity index (χ4v) is 1.43. The number of nitrogen functional groups attached to an aromatic ring is 1. The summed E-state index contributed by atoms with van der Waals surface area (Å²) in [6.07, 6.45) is 1.43. The molecule has 2 rings (SSSR count). The molecule has 18 heavy (non-hydrogen) atoms. The van der Waals surface area contributed by atoms with Gasteiger partial charge < -0.3 is 10.5 Å². The molecule has 1 aromatic heterocycles. The number of benzene rings is 1. The van der Waals surface area contributed by atoms with Gasteiger partial charge in [0.05, 0.1) is 11.9 Å². The summed E-state index contributed by atoms with van der Waals surface area (Å²) in [5, 5.41) is 0. The van der Waals surface area contributed by atoms with Crippen molar-refractivity contribution in [2.24, 2.45) is 0 Å². The highest BCUT2D eigenvalue weighted by Crippen LogP contribution is 2.07. The van der Waals surface area contributed by atoms with E-state index in [9.17, 15) is 4.79 Å². The van der Waals surface area contributed by atoms with Crippen LogP contribution in [0.5, 0.6) is 0 Å². The standard InChI is InChI=1S/C14H14N2O2/c1-10-2-4-11(5-3-10)9-18-14(17)13-7-6-12(15)8-16-13/h2-8H,9,15H2,1H3. The molecule has 0 radical (unpaired) electrons. The lowest BCUT2D eigenvalue weighted by atomic mass is 10.2. The van der Waals surface area contributed by atoms with Crippen LogP contribution in [0.2, 0.25) is 0 Å². The molecule has 0 fully saturated rings. The summed E-state index contributed by atoms with van der Waals surface area (Å²) < 4.78 is 5.15. The van der Waals surface area contributed by atoms with Gasteiger partial charge in [0.2, 0.25) is 0 Å². The first kappa shape index (κ1) is 12.1. The van der Waals surface area contributed by atoms with E-state index in [1.165, 1.54) is 11.8 Å². The molecule has 1 aromatic carbocycles. The molecule has 0 aliphatic rings. The Morgan fingerprint density at radius 2 is 1.94 bits per heavy atom. The molecule has 0 unspecified atom stereocenters. The predicted molar refractivity (Wildman–Crippen MR) is 68.9 cm³/mol. The fraction of sp³-hybridized carbons (Fsp3) is 0.143. The van der Waals surface area contributed by atoms with Crippen LogP contribution in [0, 0.1) is 6.92 Å². The molecular weight excluding hydrogens is 228 g/mol. The molecule has 0 atom stereocenters. The first-order chi connectivity index (χ1) is 8.65. The predicted octanol–water partition coefficient (Wildman–Crippen LogP) is 2.33. The first-order valence-electron chi connectivity index (χ1n) is 5.59. The SMILES string of the molecule is Cc1ccc(COC(=O)c2ccc(N)cn2)cc1. The van der Waals surface area contributed by atoms with Gasteiger partial charge >= 0.3 is 5.97 Å². The first-order valence-corrected chi connectivity index (χ1v) is 5.59. The summed E-state index contributed by atoms with van der Waals surface area (Å²) in [5.41, 5.74) is 8.39. The fourth-order valence-electron chi connectivity index (χ4n) is 1.43. The molecule has 0 aliphatic heterocycles. The van der Waals surface area contributed by atoms with Gasteiger partial charge in [0.1, 0.15) is 12.3 Å². The van der Waals surface area contributed by atoms with E-state index in [0.717, 1.165) is 5.56 Å². The van der Waals surface area contributed by atoms with E-state index in [1.807, 2.05) is 31.2 Å². The second-order valence-electron chi connectivity index (χ2n) is 4.04. The minimum absolute atomic E-state index is 0.241. The van der Waals surface area contributed by atoms with Crippen LogP contribution in [0.3, 0.4) is 0 Å². The van der Waals surface area contributed by atoms with E-state index < -0.39 is 5.97 Å². The third-order valence-electron chi connectivity index (χ3n) is 2.49. The molecule has 0 saturated heterocycles. The Labute approximate surface area is 105 Å². The maximum absolute atomic E-state index is 11.7. The van der Waals surface area contributed by atoms with Gasteiger partial charge in [-0.05, 0) is 24.6 Å². The minimum Gasteiger partial charge on any atom is -0.456 e. The molecule has 0 spiro atoms. The summed E-state index contributed by atoms with van der Waals surface area (Å²) in [4.78, 5) is 15.6. The Kier molecular flexibility index (Phi) is 3.57. The van der Waals surface area contributed by atoms with Crippen molar-refractivity contribution in [1.29, 1.82) is 0 Å². The average molecular weight is 242 g/mol. The van der Waals surface area contributed by atoms with Gasteiger partial charge in [0.25, 0.3) is 0 Å². The van der Waals surface area contributed by atoms with E-state index in [0.29, 0.717) is 5.69 Å². The van der Waals surface area contributed by atoms with Gasteiger partial charge in [0, 0.05) is 0 Å². The lowest BCUT2D eigenvalue weighted by Gasteiger charge is -2.05. The number of carbonyl (C=O) groups is 1. The van der Waals surface area contributed by atoms with Crippen LogP contribution in [0.1, 0.15) is 21.6 Å². The van der Waals surface area contributed by atoms with Crippen molar-refractivity contribution in [1.82, 2.24) is 4.98 Å². The quantitative estimate of drug-likeness (QED) is 0.839. The van der Waals surface area contributed by atoms with Gasteiger partial charge in [0.15, 0.2) is 0 Å². The van der Waals surface area contributed by atoms with E-state index in [4.69, 9.17) is 10.5 Å². The van der Waals surface area contributed by atoms with E-state index in [-0.39, 0.29) is 12.3 Å². The van der Waals surface area contributed by atoms with Crippen molar-refractivity contribution in [2.75, 3.05) is 5.73 Å². The van der Waals surface area contributed by atoms with Crippen LogP contribution in [0.25, 0.3) is 0 Å². The van der Waals surface area contributed by atoms with Crippen molar-refractivity contribution >= 4 is 11.7 Å². The van der Waals surface area contributed by atoms with Crippen molar-refractivity contribution in [3.63, 3.8) is 0 Å². The highest BCUT2D eigenvalue weighted by Gasteiger charge is 2.08. The second kappa shape index (κ2) is 5.31. The molecule has 2 aromatic rings. The highest BCUT2D eigenvalue weighted by atomic mass is 16.5. The van der Waals surface area contributed by atoms with Crippen molar-refractivity contribution in [3.05, 3.63) is 59.4 Å². The Balaban J connectivity index is 1.96. The average Bonchev–Trinajstić information content (AvgIpc) is 2.38. The molecule has 0 aliphatic carbocycles.